The van der Waals surface area contributed by atoms with Gasteiger partial charge in [0.2, 0.25) is 0 Å². The van der Waals surface area contributed by atoms with Crippen LogP contribution in [-0.4, -0.2) is 38.1 Å². The van der Waals surface area contributed by atoms with E-state index < -0.39 is 0 Å². The quantitative estimate of drug-likeness (QED) is 0.718. The van der Waals surface area contributed by atoms with E-state index in [1.54, 1.807) is 6.07 Å². The molecule has 0 amide bonds. The molecule has 1 aromatic carbocycles. The average molecular weight is 222 g/mol. The van der Waals surface area contributed by atoms with E-state index >= 15 is 0 Å². The lowest BCUT2D eigenvalue weighted by Gasteiger charge is -2.35. The van der Waals surface area contributed by atoms with Crippen LogP contribution in [0.1, 0.15) is 11.1 Å². The highest BCUT2D eigenvalue weighted by molar-refractivity contribution is 5.56. The van der Waals surface area contributed by atoms with Gasteiger partial charge in [-0.25, -0.2) is 4.39 Å². The molecule has 0 N–H and O–H groups in total. The van der Waals surface area contributed by atoms with Crippen LogP contribution in [0, 0.1) is 19.7 Å². The summed E-state index contributed by atoms with van der Waals surface area (Å²) in [6.45, 7) is 7.77. The number of halogens is 1. The van der Waals surface area contributed by atoms with E-state index in [1.807, 2.05) is 13.8 Å². The zero-order valence-electron chi connectivity index (χ0n) is 10.3. The Kier molecular flexibility index (Phi) is 3.15. The molecule has 1 fully saturated rings. The summed E-state index contributed by atoms with van der Waals surface area (Å²) in [5.74, 6) is -0.0814. The first-order chi connectivity index (χ1) is 7.58. The van der Waals surface area contributed by atoms with Crippen LogP contribution in [0.25, 0.3) is 0 Å². The summed E-state index contributed by atoms with van der Waals surface area (Å²) in [5, 5.41) is 0. The van der Waals surface area contributed by atoms with Gasteiger partial charge in [0.15, 0.2) is 0 Å². The summed E-state index contributed by atoms with van der Waals surface area (Å²) >= 11 is 0. The summed E-state index contributed by atoms with van der Waals surface area (Å²) in [6.07, 6.45) is 0. The Morgan fingerprint density at radius 1 is 1.06 bits per heavy atom. The molecular formula is C13H19FN2. The zero-order chi connectivity index (χ0) is 11.7. The molecule has 0 saturated carbocycles. The van der Waals surface area contributed by atoms with E-state index in [9.17, 15) is 4.39 Å². The van der Waals surface area contributed by atoms with Crippen molar-refractivity contribution in [2.45, 2.75) is 13.8 Å². The van der Waals surface area contributed by atoms with Crippen molar-refractivity contribution < 1.29 is 4.39 Å². The van der Waals surface area contributed by atoms with Gasteiger partial charge in [-0.2, -0.15) is 0 Å². The van der Waals surface area contributed by atoms with Crippen molar-refractivity contribution in [2.75, 3.05) is 38.1 Å². The highest BCUT2D eigenvalue weighted by atomic mass is 19.1. The van der Waals surface area contributed by atoms with Crippen molar-refractivity contribution in [1.82, 2.24) is 4.90 Å². The van der Waals surface area contributed by atoms with Crippen LogP contribution in [0.3, 0.4) is 0 Å². The number of benzene rings is 1. The summed E-state index contributed by atoms with van der Waals surface area (Å²) in [5.41, 5.74) is 2.83. The minimum Gasteiger partial charge on any atom is -0.366 e. The Hall–Kier alpha value is -1.09. The van der Waals surface area contributed by atoms with Gasteiger partial charge < -0.3 is 9.80 Å². The smallest absolute Gasteiger partial charge is 0.147 e. The van der Waals surface area contributed by atoms with Gasteiger partial charge in [0.25, 0.3) is 0 Å². The second-order valence-corrected chi connectivity index (χ2v) is 4.70. The van der Waals surface area contributed by atoms with Crippen molar-refractivity contribution in [3.63, 3.8) is 0 Å². The number of nitrogens with zero attached hydrogens (tertiary/aromatic N) is 2. The normalized spacial score (nSPS) is 17.9. The Morgan fingerprint density at radius 3 is 2.25 bits per heavy atom. The second-order valence-electron chi connectivity index (χ2n) is 4.70. The van der Waals surface area contributed by atoms with Crippen LogP contribution in [-0.2, 0) is 0 Å². The van der Waals surface area contributed by atoms with E-state index in [1.165, 1.54) is 0 Å². The maximum atomic E-state index is 13.9. The van der Waals surface area contributed by atoms with Gasteiger partial charge in [0, 0.05) is 26.2 Å². The molecule has 1 saturated heterocycles. The fourth-order valence-electron chi connectivity index (χ4n) is 2.34. The van der Waals surface area contributed by atoms with Crippen LogP contribution >= 0.6 is 0 Å². The molecule has 0 aromatic heterocycles. The maximum Gasteiger partial charge on any atom is 0.147 e. The molecular weight excluding hydrogens is 203 g/mol. The number of rotatable bonds is 1. The highest BCUT2D eigenvalue weighted by Gasteiger charge is 2.19. The molecule has 0 atom stereocenters. The zero-order valence-corrected chi connectivity index (χ0v) is 10.3. The molecule has 1 heterocycles. The van der Waals surface area contributed by atoms with Gasteiger partial charge in [-0.1, -0.05) is 6.07 Å². The fourth-order valence-corrected chi connectivity index (χ4v) is 2.34. The Labute approximate surface area is 96.7 Å². The third-order valence-electron chi connectivity index (χ3n) is 3.22. The van der Waals surface area contributed by atoms with Gasteiger partial charge in [-0.15, -0.1) is 0 Å². The minimum atomic E-state index is -0.0814. The first-order valence-electron chi connectivity index (χ1n) is 5.78. The predicted octanol–water partition coefficient (Wildman–Crippen LogP) is 2.19. The molecule has 3 heteroatoms. The average Bonchev–Trinajstić information content (AvgIpc) is 2.19. The molecule has 88 valence electrons. The molecule has 0 radical (unpaired) electrons. The molecule has 1 aromatic rings. The number of hydrogen-bond acceptors (Lipinski definition) is 2. The molecule has 2 nitrogen and oxygen atoms in total. The number of piperazine rings is 1. The SMILES string of the molecule is Cc1cc(C)c(N2CCN(C)CC2)c(F)c1. The van der Waals surface area contributed by atoms with Gasteiger partial charge in [0.05, 0.1) is 5.69 Å². The Bertz CT molecular complexity index is 359. The summed E-state index contributed by atoms with van der Waals surface area (Å²) in [6, 6.07) is 3.68. The Balaban J connectivity index is 2.26. The lowest BCUT2D eigenvalue weighted by atomic mass is 10.1. The number of anilines is 1. The molecule has 0 spiro atoms. The van der Waals surface area contributed by atoms with Crippen LogP contribution in [0.4, 0.5) is 10.1 Å². The topological polar surface area (TPSA) is 6.48 Å². The maximum absolute atomic E-state index is 13.9. The van der Waals surface area contributed by atoms with E-state index in [0.29, 0.717) is 0 Å². The van der Waals surface area contributed by atoms with Crippen molar-refractivity contribution in [3.05, 3.63) is 29.1 Å². The van der Waals surface area contributed by atoms with Crippen LogP contribution < -0.4 is 4.90 Å². The molecule has 1 aliphatic rings. The minimum absolute atomic E-state index is 0.0814. The van der Waals surface area contributed by atoms with E-state index in [2.05, 4.69) is 22.9 Å². The number of likely N-dealkylation sites (N-methyl/N-ethyl adjacent to an activating group) is 1. The molecule has 1 aliphatic heterocycles. The van der Waals surface area contributed by atoms with Gasteiger partial charge in [-0.05, 0) is 38.1 Å². The molecule has 16 heavy (non-hydrogen) atoms. The summed E-state index contributed by atoms with van der Waals surface area (Å²) in [4.78, 5) is 4.43. The van der Waals surface area contributed by atoms with E-state index in [0.717, 1.165) is 43.0 Å². The van der Waals surface area contributed by atoms with Crippen LogP contribution in [0.2, 0.25) is 0 Å². The van der Waals surface area contributed by atoms with Gasteiger partial charge in [0.1, 0.15) is 5.82 Å². The summed E-state index contributed by atoms with van der Waals surface area (Å²) in [7, 11) is 2.11. The summed E-state index contributed by atoms with van der Waals surface area (Å²) < 4.78 is 13.9. The lowest BCUT2D eigenvalue weighted by Crippen LogP contribution is -2.45. The first kappa shape index (κ1) is 11.4. The number of hydrogen-bond donors (Lipinski definition) is 0. The molecule has 2 rings (SSSR count). The Morgan fingerprint density at radius 2 is 1.69 bits per heavy atom. The fraction of sp³-hybridized carbons (Fsp3) is 0.538. The van der Waals surface area contributed by atoms with Crippen molar-refractivity contribution in [1.29, 1.82) is 0 Å². The second kappa shape index (κ2) is 4.42. The van der Waals surface area contributed by atoms with Gasteiger partial charge in [-0.3, -0.25) is 0 Å². The van der Waals surface area contributed by atoms with E-state index in [4.69, 9.17) is 0 Å². The van der Waals surface area contributed by atoms with E-state index in [-0.39, 0.29) is 5.82 Å². The van der Waals surface area contributed by atoms with Crippen molar-refractivity contribution in [2.24, 2.45) is 0 Å². The largest absolute Gasteiger partial charge is 0.366 e. The third kappa shape index (κ3) is 2.19. The van der Waals surface area contributed by atoms with Crippen LogP contribution in [0.15, 0.2) is 12.1 Å². The first-order valence-corrected chi connectivity index (χ1v) is 5.78. The van der Waals surface area contributed by atoms with Crippen molar-refractivity contribution in [3.8, 4) is 0 Å². The van der Waals surface area contributed by atoms with Gasteiger partial charge >= 0.3 is 0 Å². The molecule has 0 unspecified atom stereocenters. The number of aryl methyl sites for hydroxylation is 2. The third-order valence-corrected chi connectivity index (χ3v) is 3.22. The monoisotopic (exact) mass is 222 g/mol. The highest BCUT2D eigenvalue weighted by Crippen LogP contribution is 2.26. The lowest BCUT2D eigenvalue weighted by molar-refractivity contribution is 0.311. The predicted molar refractivity (Wildman–Crippen MR) is 65.6 cm³/mol. The van der Waals surface area contributed by atoms with Crippen LogP contribution in [0.5, 0.6) is 0 Å². The molecule has 0 aliphatic carbocycles. The standard InChI is InChI=1S/C13H19FN2/c1-10-8-11(2)13(12(14)9-10)16-6-4-15(3)5-7-16/h8-9H,4-7H2,1-3H3. The molecule has 0 bridgehead atoms. The van der Waals surface area contributed by atoms with Crippen molar-refractivity contribution >= 4 is 5.69 Å².